The van der Waals surface area contributed by atoms with Gasteiger partial charge in [-0.05, 0) is 25.2 Å². The fourth-order valence-electron chi connectivity index (χ4n) is 1.46. The van der Waals surface area contributed by atoms with Gasteiger partial charge >= 0.3 is 0 Å². The van der Waals surface area contributed by atoms with Crippen LogP contribution in [0.25, 0.3) is 0 Å². The number of rotatable bonds is 9. The number of carbonyl (C=O) groups excluding carboxylic acids is 2. The highest BCUT2D eigenvalue weighted by Crippen LogP contribution is 2.05. The molecule has 0 radical (unpaired) electrons. The third-order valence-corrected chi connectivity index (χ3v) is 2.74. The first kappa shape index (κ1) is 16.4. The molecular formula is C14H24N2O2. The van der Waals surface area contributed by atoms with E-state index in [9.17, 15) is 9.59 Å². The second kappa shape index (κ2) is 9.45. The number of hydrogen-bond acceptors (Lipinski definition) is 2. The predicted octanol–water partition coefficient (Wildman–Crippen LogP) is 2.53. The van der Waals surface area contributed by atoms with Crippen molar-refractivity contribution in [2.45, 2.75) is 39.0 Å². The van der Waals surface area contributed by atoms with Crippen molar-refractivity contribution in [3.63, 3.8) is 0 Å². The lowest BCUT2D eigenvalue weighted by Gasteiger charge is -2.17. The molecule has 0 saturated carbocycles. The maximum atomic E-state index is 11.8. The van der Waals surface area contributed by atoms with Crippen molar-refractivity contribution in [1.82, 2.24) is 9.80 Å². The van der Waals surface area contributed by atoms with E-state index in [0.29, 0.717) is 25.8 Å². The summed E-state index contributed by atoms with van der Waals surface area (Å²) in [6.07, 6.45) is 6.36. The fraction of sp³-hybridized carbons (Fsp3) is 0.571. The SMILES string of the molecule is C=CN(C)C(=O)CCCC(=O)N(C=C)CCCC. The van der Waals surface area contributed by atoms with E-state index >= 15 is 0 Å². The van der Waals surface area contributed by atoms with Crippen LogP contribution >= 0.6 is 0 Å². The van der Waals surface area contributed by atoms with Crippen LogP contribution < -0.4 is 0 Å². The van der Waals surface area contributed by atoms with Gasteiger partial charge in [-0.3, -0.25) is 9.59 Å². The molecule has 0 aromatic carbocycles. The average Bonchev–Trinajstić information content (AvgIpc) is 2.38. The Balaban J connectivity index is 3.97. The molecule has 0 atom stereocenters. The van der Waals surface area contributed by atoms with Gasteiger partial charge in [-0.15, -0.1) is 0 Å². The van der Waals surface area contributed by atoms with Gasteiger partial charge in [-0.25, -0.2) is 0 Å². The zero-order chi connectivity index (χ0) is 14.0. The second-order valence-electron chi connectivity index (χ2n) is 4.16. The van der Waals surface area contributed by atoms with Gasteiger partial charge in [0.2, 0.25) is 11.8 Å². The van der Waals surface area contributed by atoms with Gasteiger partial charge in [0.15, 0.2) is 0 Å². The Labute approximate surface area is 110 Å². The summed E-state index contributed by atoms with van der Waals surface area (Å²) in [5.41, 5.74) is 0. The molecule has 0 unspecified atom stereocenters. The number of hydrogen-bond donors (Lipinski definition) is 0. The maximum Gasteiger partial charge on any atom is 0.226 e. The monoisotopic (exact) mass is 252 g/mol. The van der Waals surface area contributed by atoms with Gasteiger partial charge in [-0.2, -0.15) is 0 Å². The van der Waals surface area contributed by atoms with Crippen LogP contribution in [0.2, 0.25) is 0 Å². The highest BCUT2D eigenvalue weighted by Gasteiger charge is 2.11. The zero-order valence-corrected chi connectivity index (χ0v) is 11.5. The van der Waals surface area contributed by atoms with E-state index in [-0.39, 0.29) is 11.8 Å². The lowest BCUT2D eigenvalue weighted by molar-refractivity contribution is -0.129. The molecule has 0 aliphatic rings. The summed E-state index contributed by atoms with van der Waals surface area (Å²) in [6.45, 7) is 9.94. The first-order valence-corrected chi connectivity index (χ1v) is 6.37. The lowest BCUT2D eigenvalue weighted by Crippen LogP contribution is -2.27. The Hall–Kier alpha value is -1.58. The van der Waals surface area contributed by atoms with E-state index in [1.165, 1.54) is 11.1 Å². The minimum Gasteiger partial charge on any atom is -0.323 e. The fourth-order valence-corrected chi connectivity index (χ4v) is 1.46. The Morgan fingerprint density at radius 2 is 1.67 bits per heavy atom. The topological polar surface area (TPSA) is 40.6 Å². The average molecular weight is 252 g/mol. The smallest absolute Gasteiger partial charge is 0.226 e. The van der Waals surface area contributed by atoms with Crippen molar-refractivity contribution in [3.8, 4) is 0 Å². The highest BCUT2D eigenvalue weighted by atomic mass is 16.2. The second-order valence-corrected chi connectivity index (χ2v) is 4.16. The minimum absolute atomic E-state index is 0.0171. The molecule has 0 fully saturated rings. The van der Waals surface area contributed by atoms with Gasteiger partial charge in [0.05, 0.1) is 0 Å². The van der Waals surface area contributed by atoms with Crippen LogP contribution in [-0.4, -0.2) is 35.2 Å². The van der Waals surface area contributed by atoms with E-state index in [2.05, 4.69) is 20.1 Å². The summed E-state index contributed by atoms with van der Waals surface area (Å²) in [4.78, 5) is 26.4. The zero-order valence-electron chi connectivity index (χ0n) is 11.5. The van der Waals surface area contributed by atoms with E-state index in [4.69, 9.17) is 0 Å². The molecule has 0 aromatic rings. The molecule has 2 amide bonds. The quantitative estimate of drug-likeness (QED) is 0.632. The van der Waals surface area contributed by atoms with Crippen molar-refractivity contribution in [3.05, 3.63) is 25.6 Å². The Morgan fingerprint density at radius 1 is 1.06 bits per heavy atom. The molecule has 0 bridgehead atoms. The van der Waals surface area contributed by atoms with Crippen molar-refractivity contribution >= 4 is 11.8 Å². The number of unbranched alkanes of at least 4 members (excludes halogenated alkanes) is 1. The Kier molecular flexibility index (Phi) is 8.62. The summed E-state index contributed by atoms with van der Waals surface area (Å²) in [7, 11) is 1.66. The third kappa shape index (κ3) is 6.23. The van der Waals surface area contributed by atoms with Crippen LogP contribution in [0.4, 0.5) is 0 Å². The van der Waals surface area contributed by atoms with Crippen LogP contribution in [0.5, 0.6) is 0 Å². The molecular weight excluding hydrogens is 228 g/mol. The first-order chi connectivity index (χ1) is 8.56. The summed E-state index contributed by atoms with van der Waals surface area (Å²) >= 11 is 0. The normalized spacial score (nSPS) is 9.67. The number of nitrogens with zero attached hydrogens (tertiary/aromatic N) is 2. The van der Waals surface area contributed by atoms with E-state index in [1.807, 2.05) is 0 Å². The van der Waals surface area contributed by atoms with Crippen LogP contribution in [0.1, 0.15) is 39.0 Å². The molecule has 0 aromatic heterocycles. The Morgan fingerprint density at radius 3 is 2.17 bits per heavy atom. The van der Waals surface area contributed by atoms with E-state index < -0.39 is 0 Å². The summed E-state index contributed by atoms with van der Waals surface area (Å²) in [5.74, 6) is 0.0176. The largest absolute Gasteiger partial charge is 0.323 e. The van der Waals surface area contributed by atoms with Gasteiger partial charge in [0.25, 0.3) is 0 Å². The van der Waals surface area contributed by atoms with Gasteiger partial charge < -0.3 is 9.80 Å². The first-order valence-electron chi connectivity index (χ1n) is 6.37. The molecule has 0 aliphatic carbocycles. The predicted molar refractivity (Wildman–Crippen MR) is 73.6 cm³/mol. The molecule has 4 nitrogen and oxygen atoms in total. The molecule has 0 spiro atoms. The Bertz CT molecular complexity index is 300. The molecule has 4 heteroatoms. The molecule has 0 saturated heterocycles. The molecule has 0 aliphatic heterocycles. The van der Waals surface area contributed by atoms with Gasteiger partial charge in [0, 0.05) is 26.4 Å². The number of amides is 2. The van der Waals surface area contributed by atoms with Crippen LogP contribution in [-0.2, 0) is 9.59 Å². The van der Waals surface area contributed by atoms with Crippen molar-refractivity contribution < 1.29 is 9.59 Å². The van der Waals surface area contributed by atoms with E-state index in [1.54, 1.807) is 18.1 Å². The van der Waals surface area contributed by atoms with Crippen molar-refractivity contribution in [2.75, 3.05) is 13.6 Å². The molecule has 0 rings (SSSR count). The number of carbonyl (C=O) groups is 2. The molecule has 18 heavy (non-hydrogen) atoms. The van der Waals surface area contributed by atoms with Gasteiger partial charge in [-0.1, -0.05) is 26.5 Å². The van der Waals surface area contributed by atoms with Crippen LogP contribution in [0, 0.1) is 0 Å². The minimum atomic E-state index is -0.0171. The lowest BCUT2D eigenvalue weighted by atomic mass is 10.2. The van der Waals surface area contributed by atoms with Crippen LogP contribution in [0.3, 0.4) is 0 Å². The standard InChI is InChI=1S/C14H24N2O2/c1-5-8-12-16(7-3)14(18)11-9-10-13(17)15(4)6-2/h6-7H,2-3,5,8-12H2,1,4H3. The third-order valence-electron chi connectivity index (χ3n) is 2.74. The molecule has 0 heterocycles. The van der Waals surface area contributed by atoms with E-state index in [0.717, 1.165) is 12.8 Å². The summed E-state index contributed by atoms with van der Waals surface area (Å²) < 4.78 is 0. The highest BCUT2D eigenvalue weighted by molar-refractivity contribution is 5.79. The molecule has 102 valence electrons. The summed E-state index contributed by atoms with van der Waals surface area (Å²) in [6, 6.07) is 0. The van der Waals surface area contributed by atoms with Crippen molar-refractivity contribution in [2.24, 2.45) is 0 Å². The van der Waals surface area contributed by atoms with Gasteiger partial charge in [0.1, 0.15) is 0 Å². The molecule has 0 N–H and O–H groups in total. The summed E-state index contributed by atoms with van der Waals surface area (Å²) in [5, 5.41) is 0. The maximum absolute atomic E-state index is 11.8. The van der Waals surface area contributed by atoms with Crippen LogP contribution in [0.15, 0.2) is 25.6 Å². The van der Waals surface area contributed by atoms with Crippen molar-refractivity contribution in [1.29, 1.82) is 0 Å².